The van der Waals surface area contributed by atoms with E-state index in [1.165, 1.54) is 19.4 Å². The fraction of sp³-hybridized carbons (Fsp3) is 0.293. The first-order valence-electron chi connectivity index (χ1n) is 18.1. The lowest BCUT2D eigenvalue weighted by Crippen LogP contribution is -2.41. The molecule has 0 radical (unpaired) electrons. The Morgan fingerprint density at radius 1 is 0.929 bits per heavy atom. The van der Waals surface area contributed by atoms with Crippen LogP contribution in [0.15, 0.2) is 85.1 Å². The third-order valence-electron chi connectivity index (χ3n) is 9.08. The van der Waals surface area contributed by atoms with Crippen molar-refractivity contribution >= 4 is 62.3 Å². The van der Waals surface area contributed by atoms with Crippen molar-refractivity contribution in [2.75, 3.05) is 73.4 Å². The first-order valence-corrected chi connectivity index (χ1v) is 19.7. The highest BCUT2D eigenvalue weighted by Crippen LogP contribution is 2.40. The van der Waals surface area contributed by atoms with Gasteiger partial charge in [0.2, 0.25) is 0 Å². The summed E-state index contributed by atoms with van der Waals surface area (Å²) in [4.78, 5) is 32.8. The number of carbonyl (C=O) groups excluding carboxylic acids is 2. The van der Waals surface area contributed by atoms with E-state index in [4.69, 9.17) is 14.2 Å². The molecule has 1 unspecified atom stereocenters. The number of nitrogens with zero attached hydrogens (tertiary/aromatic N) is 2. The number of pyridine rings is 1. The summed E-state index contributed by atoms with van der Waals surface area (Å²) in [6.45, 7) is 10.4. The van der Waals surface area contributed by atoms with Crippen molar-refractivity contribution in [2.45, 2.75) is 26.2 Å². The number of phenolic OH excluding ortho intramolecular Hbond substituents is 1. The minimum atomic E-state index is -1.37. The summed E-state index contributed by atoms with van der Waals surface area (Å²) in [5.74, 6) is 1.35. The summed E-state index contributed by atoms with van der Waals surface area (Å²) < 4.78 is 32.3. The van der Waals surface area contributed by atoms with Gasteiger partial charge in [0.25, 0.3) is 5.91 Å². The number of benzene rings is 4. The van der Waals surface area contributed by atoms with Crippen LogP contribution >= 0.6 is 0 Å². The molecule has 0 saturated carbocycles. The zero-order valence-corrected chi connectivity index (χ0v) is 32.8. The van der Waals surface area contributed by atoms with Crippen molar-refractivity contribution in [3.05, 3.63) is 96.2 Å². The third kappa shape index (κ3) is 10.0. The Morgan fingerprint density at radius 2 is 1.66 bits per heavy atom. The van der Waals surface area contributed by atoms with Crippen LogP contribution in [0.5, 0.6) is 23.0 Å². The van der Waals surface area contributed by atoms with Gasteiger partial charge in [-0.3, -0.25) is 9.69 Å². The van der Waals surface area contributed by atoms with Crippen molar-refractivity contribution < 1.29 is 33.1 Å². The average molecular weight is 782 g/mol. The lowest BCUT2D eigenvalue weighted by atomic mass is 9.86. The number of amides is 3. The zero-order valence-electron chi connectivity index (χ0n) is 32.0. The summed E-state index contributed by atoms with van der Waals surface area (Å²) >= 11 is 0. The van der Waals surface area contributed by atoms with E-state index in [0.717, 1.165) is 29.4 Å². The maximum absolute atomic E-state index is 13.5. The number of aromatic nitrogens is 1. The van der Waals surface area contributed by atoms with Gasteiger partial charge >= 0.3 is 6.03 Å². The standard InChI is InChI=1S/C41H47N7O7S/c1-41(2,3)26-22-33(38(53-4)34(23-26)47-56(5)52)46-40(51)45-32-12-13-36(30-9-7-6-8-29(30)32)55-28-14-15-42-37(25-28)44-27-10-11-31(35(49)24-27)39(50)43-16-17-48-18-20-54-21-19-48/h6-15,22-25,47,49H,16-21H2,1-5H3,(H,42,44)(H,43,50)(H2,45,46,51). The third-order valence-corrected chi connectivity index (χ3v) is 9.59. The van der Waals surface area contributed by atoms with Crippen LogP contribution in [0.2, 0.25) is 0 Å². The summed E-state index contributed by atoms with van der Waals surface area (Å²) in [6.07, 6.45) is 3.12. The second kappa shape index (κ2) is 17.7. The lowest BCUT2D eigenvalue weighted by molar-refractivity contribution is 0.0383. The normalized spacial score (nSPS) is 13.7. The number of morpholine rings is 1. The molecular formula is C41H47N7O7S. The van der Waals surface area contributed by atoms with Crippen LogP contribution in [-0.2, 0) is 21.1 Å². The number of rotatable bonds is 13. The highest BCUT2D eigenvalue weighted by molar-refractivity contribution is 7.85. The summed E-state index contributed by atoms with van der Waals surface area (Å²) in [6, 6.07) is 22.5. The number of anilines is 5. The van der Waals surface area contributed by atoms with Crippen LogP contribution in [0.1, 0.15) is 36.7 Å². The Hall–Kier alpha value is -5.90. The van der Waals surface area contributed by atoms with E-state index >= 15 is 0 Å². The Labute approximate surface area is 328 Å². The van der Waals surface area contributed by atoms with Gasteiger partial charge in [-0.15, -0.1) is 0 Å². The Kier molecular flexibility index (Phi) is 12.6. The smallest absolute Gasteiger partial charge is 0.323 e. The van der Waals surface area contributed by atoms with Crippen LogP contribution < -0.4 is 35.5 Å². The molecule has 1 aliphatic heterocycles. The predicted molar refractivity (Wildman–Crippen MR) is 221 cm³/mol. The average Bonchev–Trinajstić information content (AvgIpc) is 3.16. The minimum Gasteiger partial charge on any atom is -0.507 e. The van der Waals surface area contributed by atoms with Crippen molar-refractivity contribution in [2.24, 2.45) is 0 Å². The van der Waals surface area contributed by atoms with Crippen LogP contribution in [0, 0.1) is 0 Å². The van der Waals surface area contributed by atoms with Crippen molar-refractivity contribution in [1.82, 2.24) is 15.2 Å². The maximum Gasteiger partial charge on any atom is 0.323 e. The molecule has 14 nitrogen and oxygen atoms in total. The molecular weight excluding hydrogens is 735 g/mol. The highest BCUT2D eigenvalue weighted by Gasteiger charge is 2.22. The molecule has 0 bridgehead atoms. The van der Waals surface area contributed by atoms with Gasteiger partial charge in [-0.1, -0.05) is 45.0 Å². The van der Waals surface area contributed by atoms with Crippen molar-refractivity contribution in [1.29, 1.82) is 0 Å². The molecule has 56 heavy (non-hydrogen) atoms. The van der Waals surface area contributed by atoms with Gasteiger partial charge in [0, 0.05) is 67.2 Å². The molecule has 1 fully saturated rings. The number of fused-ring (bicyclic) bond motifs is 1. The Bertz CT molecular complexity index is 2240. The molecule has 4 aromatic carbocycles. The highest BCUT2D eigenvalue weighted by atomic mass is 32.2. The zero-order chi connectivity index (χ0) is 39.8. The van der Waals surface area contributed by atoms with Gasteiger partial charge < -0.3 is 45.3 Å². The van der Waals surface area contributed by atoms with Crippen LogP contribution in [-0.4, -0.2) is 83.9 Å². The fourth-order valence-electron chi connectivity index (χ4n) is 6.22. The van der Waals surface area contributed by atoms with Gasteiger partial charge in [0.1, 0.15) is 34.1 Å². The molecule has 1 aromatic heterocycles. The van der Waals surface area contributed by atoms with Gasteiger partial charge in [0.05, 0.1) is 42.9 Å². The van der Waals surface area contributed by atoms with Crippen molar-refractivity contribution in [3.8, 4) is 23.0 Å². The molecule has 2 heterocycles. The quantitative estimate of drug-likeness (QED) is 0.0717. The molecule has 294 valence electrons. The van der Waals surface area contributed by atoms with E-state index in [-0.39, 0.29) is 22.6 Å². The van der Waals surface area contributed by atoms with E-state index in [9.17, 15) is 18.9 Å². The largest absolute Gasteiger partial charge is 0.507 e. The fourth-order valence-corrected chi connectivity index (χ4v) is 6.68. The van der Waals surface area contributed by atoms with Gasteiger partial charge in [-0.05, 0) is 53.4 Å². The number of nitrogens with one attached hydrogen (secondary N) is 5. The Morgan fingerprint density at radius 3 is 2.38 bits per heavy atom. The first kappa shape index (κ1) is 39.8. The maximum atomic E-state index is 13.5. The predicted octanol–water partition coefficient (Wildman–Crippen LogP) is 7.19. The van der Waals surface area contributed by atoms with Crippen LogP contribution in [0.25, 0.3) is 10.8 Å². The molecule has 5 aromatic rings. The molecule has 6 N–H and O–H groups in total. The summed E-state index contributed by atoms with van der Waals surface area (Å²) in [7, 11) is 0.126. The van der Waals surface area contributed by atoms with Gasteiger partial charge in [-0.25, -0.2) is 14.0 Å². The molecule has 0 aliphatic carbocycles. The van der Waals surface area contributed by atoms with Gasteiger partial charge in [-0.2, -0.15) is 0 Å². The monoisotopic (exact) mass is 781 g/mol. The molecule has 6 rings (SSSR count). The molecule has 0 spiro atoms. The number of hydrogen-bond donors (Lipinski definition) is 6. The van der Waals surface area contributed by atoms with Crippen LogP contribution in [0.4, 0.5) is 33.4 Å². The van der Waals surface area contributed by atoms with E-state index in [1.54, 1.807) is 42.6 Å². The second-order valence-electron chi connectivity index (χ2n) is 14.2. The van der Waals surface area contributed by atoms with Crippen LogP contribution in [0.3, 0.4) is 0 Å². The second-order valence-corrected chi connectivity index (χ2v) is 15.3. The number of urea groups is 1. The number of methoxy groups -OCH3 is 1. The van der Waals surface area contributed by atoms with E-state index in [1.807, 2.05) is 57.2 Å². The topological polar surface area (TPSA) is 175 Å². The SMILES string of the molecule is COc1c(NC(=O)Nc2ccc(Oc3ccnc(Nc4ccc(C(=O)NCCN5CCOCC5)c(O)c4)c3)c3ccccc23)cc(C(C)(C)C)cc1NS(C)=O. The lowest BCUT2D eigenvalue weighted by Gasteiger charge is -2.26. The molecule has 3 amide bonds. The van der Waals surface area contributed by atoms with Gasteiger partial charge in [0.15, 0.2) is 5.75 Å². The summed E-state index contributed by atoms with van der Waals surface area (Å²) in [5, 5.41) is 24.1. The number of hydrogen-bond acceptors (Lipinski definition) is 10. The minimum absolute atomic E-state index is 0.159. The number of phenols is 1. The first-order chi connectivity index (χ1) is 26.9. The van der Waals surface area contributed by atoms with E-state index < -0.39 is 17.0 Å². The molecule has 1 atom stereocenters. The number of aromatic hydroxyl groups is 1. The van der Waals surface area contributed by atoms with E-state index in [0.29, 0.717) is 72.1 Å². The number of carbonyl (C=O) groups is 2. The summed E-state index contributed by atoms with van der Waals surface area (Å²) in [5.41, 5.74) is 2.83. The van der Waals surface area contributed by atoms with Crippen molar-refractivity contribution in [3.63, 3.8) is 0 Å². The Balaban J connectivity index is 1.13. The van der Waals surface area contributed by atoms with E-state index in [2.05, 4.69) is 35.9 Å². The molecule has 1 saturated heterocycles. The molecule has 1 aliphatic rings. The molecule has 15 heteroatoms. The number of ether oxygens (including phenoxy) is 3.